The fourth-order valence-electron chi connectivity index (χ4n) is 7.58. The molecule has 0 aromatic heterocycles. The van der Waals surface area contributed by atoms with E-state index < -0.39 is 86.7 Å². The Morgan fingerprint density at radius 1 is 0.524 bits per heavy atom. The van der Waals surface area contributed by atoms with Crippen LogP contribution in [0.25, 0.3) is 0 Å². The Morgan fingerprint density at radius 3 is 1.54 bits per heavy atom. The predicted molar refractivity (Wildman–Crippen MR) is 243 cm³/mol. The number of aliphatic hydroxyl groups is 7. The van der Waals surface area contributed by atoms with Crippen molar-refractivity contribution >= 4 is 5.97 Å². The summed E-state index contributed by atoms with van der Waals surface area (Å²) < 4.78 is 34.0. The first-order chi connectivity index (χ1) is 30.6. The van der Waals surface area contributed by atoms with E-state index in [1.165, 1.54) is 77.0 Å². The highest BCUT2D eigenvalue weighted by molar-refractivity contribution is 5.69. The second kappa shape index (κ2) is 37.3. The molecule has 14 nitrogen and oxygen atoms in total. The summed E-state index contributed by atoms with van der Waals surface area (Å²) >= 11 is 0. The molecule has 14 heteroatoms. The smallest absolute Gasteiger partial charge is 0.306 e. The van der Waals surface area contributed by atoms with Crippen molar-refractivity contribution in [3.63, 3.8) is 0 Å². The zero-order chi connectivity index (χ0) is 45.9. The zero-order valence-corrected chi connectivity index (χ0v) is 38.8. The van der Waals surface area contributed by atoms with Gasteiger partial charge in [-0.2, -0.15) is 0 Å². The summed E-state index contributed by atoms with van der Waals surface area (Å²) in [5, 5.41) is 71.7. The highest BCUT2D eigenvalue weighted by Crippen LogP contribution is 2.26. The van der Waals surface area contributed by atoms with Crippen molar-refractivity contribution < 1.29 is 69.0 Å². The number of rotatable bonds is 38. The van der Waals surface area contributed by atoms with Crippen LogP contribution in [-0.4, -0.2) is 142 Å². The molecule has 11 unspecified atom stereocenters. The van der Waals surface area contributed by atoms with Gasteiger partial charge in [0.1, 0.15) is 54.9 Å². The van der Waals surface area contributed by atoms with Crippen LogP contribution in [0.5, 0.6) is 0 Å². The Hall–Kier alpha value is -1.79. The molecule has 7 N–H and O–H groups in total. The number of aliphatic hydroxyl groups excluding tert-OH is 7. The van der Waals surface area contributed by atoms with E-state index in [-0.39, 0.29) is 19.6 Å². The second-order valence-corrected chi connectivity index (χ2v) is 17.3. The van der Waals surface area contributed by atoms with Crippen LogP contribution in [0.2, 0.25) is 0 Å². The summed E-state index contributed by atoms with van der Waals surface area (Å²) in [4.78, 5) is 12.8. The summed E-state index contributed by atoms with van der Waals surface area (Å²) in [5.41, 5.74) is 0. The minimum Gasteiger partial charge on any atom is -0.457 e. The van der Waals surface area contributed by atoms with Gasteiger partial charge in [-0.15, -0.1) is 0 Å². The maximum Gasteiger partial charge on any atom is 0.306 e. The van der Waals surface area contributed by atoms with Gasteiger partial charge in [0.2, 0.25) is 0 Å². The summed E-state index contributed by atoms with van der Waals surface area (Å²) in [5.74, 6) is -0.392. The second-order valence-electron chi connectivity index (χ2n) is 17.3. The Balaban J connectivity index is 1.65. The molecule has 0 aliphatic carbocycles. The van der Waals surface area contributed by atoms with Crippen molar-refractivity contribution in [2.75, 3.05) is 33.0 Å². The van der Waals surface area contributed by atoms with Gasteiger partial charge in [0.15, 0.2) is 12.6 Å². The third-order valence-corrected chi connectivity index (χ3v) is 11.7. The summed E-state index contributed by atoms with van der Waals surface area (Å²) in [6.07, 6.45) is 24.2. The minimum atomic E-state index is -1.70. The van der Waals surface area contributed by atoms with Crippen LogP contribution in [0.3, 0.4) is 0 Å². The molecule has 2 aliphatic heterocycles. The van der Waals surface area contributed by atoms with Crippen molar-refractivity contribution in [1.29, 1.82) is 0 Å². The first kappa shape index (κ1) is 57.3. The number of esters is 1. The highest BCUT2D eigenvalue weighted by atomic mass is 16.7. The molecule has 0 aromatic rings. The van der Waals surface area contributed by atoms with Crippen molar-refractivity contribution in [3.8, 4) is 0 Å². The Bertz CT molecular complexity index is 1180. The average Bonchev–Trinajstić information content (AvgIpc) is 3.28. The largest absolute Gasteiger partial charge is 0.457 e. The molecule has 2 aliphatic rings. The fourth-order valence-corrected chi connectivity index (χ4v) is 7.58. The normalized spacial score (nSPS) is 27.3. The molecular weight excluding hydrogens is 813 g/mol. The van der Waals surface area contributed by atoms with E-state index in [0.717, 1.165) is 64.2 Å². The molecule has 0 bridgehead atoms. The SMILES string of the molecule is CCCCCCC/C=C\C/C=C\C/C=C\CCCCCCCCCCCOCC(COC1OC(COC2OC(CO)C(O)C(O)C2O)C(O)C(O)C1O)OC(=O)CCCCCCC. The minimum absolute atomic E-state index is 0.0576. The zero-order valence-electron chi connectivity index (χ0n) is 38.8. The first-order valence-electron chi connectivity index (χ1n) is 24.6. The lowest BCUT2D eigenvalue weighted by Crippen LogP contribution is -2.61. The summed E-state index contributed by atoms with van der Waals surface area (Å²) in [7, 11) is 0. The number of unbranched alkanes of at least 4 members (excludes halogenated alkanes) is 18. The van der Waals surface area contributed by atoms with Crippen LogP contribution in [0.15, 0.2) is 36.5 Å². The molecule has 0 aromatic carbocycles. The molecule has 2 fully saturated rings. The molecule has 2 heterocycles. The van der Waals surface area contributed by atoms with E-state index in [4.69, 9.17) is 28.4 Å². The standard InChI is InChI=1S/C49H88O14/c1-3-5-7-9-10-11-12-13-14-15-16-17-18-19-20-21-22-23-24-25-26-27-29-31-33-58-35-38(61-41(51)32-30-28-8-6-4-2)36-59-48-47(57)45(55)43(53)40(63-48)37-60-49-46(56)44(54)42(52)39(34-50)62-49/h12-13,15-16,18-19,38-40,42-50,52-57H,3-11,14,17,20-37H2,1-2H3/b13-12-,16-15-,19-18-. The monoisotopic (exact) mass is 901 g/mol. The number of hydrogen-bond donors (Lipinski definition) is 7. The molecular formula is C49H88O14. The van der Waals surface area contributed by atoms with Gasteiger partial charge in [-0.1, -0.05) is 147 Å². The van der Waals surface area contributed by atoms with Gasteiger partial charge in [0.25, 0.3) is 0 Å². The number of allylic oxidation sites excluding steroid dienone is 6. The molecule has 368 valence electrons. The van der Waals surface area contributed by atoms with Gasteiger partial charge < -0.3 is 64.2 Å². The molecule has 0 spiro atoms. The highest BCUT2D eigenvalue weighted by Gasteiger charge is 2.47. The topological polar surface area (TPSA) is 214 Å². The quantitative estimate of drug-likeness (QED) is 0.0197. The van der Waals surface area contributed by atoms with Gasteiger partial charge >= 0.3 is 5.97 Å². The number of hydrogen-bond acceptors (Lipinski definition) is 14. The van der Waals surface area contributed by atoms with Gasteiger partial charge in [-0.3, -0.25) is 4.79 Å². The van der Waals surface area contributed by atoms with E-state index in [1.54, 1.807) is 0 Å². The van der Waals surface area contributed by atoms with Crippen LogP contribution in [-0.2, 0) is 33.2 Å². The van der Waals surface area contributed by atoms with Crippen LogP contribution >= 0.6 is 0 Å². The molecule has 2 rings (SSSR count). The third-order valence-electron chi connectivity index (χ3n) is 11.7. The van der Waals surface area contributed by atoms with Gasteiger partial charge in [0.05, 0.1) is 26.4 Å². The van der Waals surface area contributed by atoms with E-state index in [9.17, 15) is 40.5 Å². The average molecular weight is 901 g/mol. The number of carbonyl (C=O) groups excluding carboxylic acids is 1. The predicted octanol–water partition coefficient (Wildman–Crippen LogP) is 6.63. The summed E-state index contributed by atoms with van der Waals surface area (Å²) in [6, 6.07) is 0. The third kappa shape index (κ3) is 25.6. The van der Waals surface area contributed by atoms with Gasteiger partial charge in [-0.05, 0) is 51.4 Å². The van der Waals surface area contributed by atoms with E-state index in [1.807, 2.05) is 0 Å². The van der Waals surface area contributed by atoms with Gasteiger partial charge in [-0.25, -0.2) is 0 Å². The first-order valence-corrected chi connectivity index (χ1v) is 24.6. The molecule has 0 saturated carbocycles. The Morgan fingerprint density at radius 2 is 0.984 bits per heavy atom. The van der Waals surface area contributed by atoms with E-state index >= 15 is 0 Å². The van der Waals surface area contributed by atoms with Gasteiger partial charge in [0, 0.05) is 13.0 Å². The Labute approximate surface area is 379 Å². The van der Waals surface area contributed by atoms with Crippen molar-refractivity contribution in [2.24, 2.45) is 0 Å². The maximum atomic E-state index is 12.8. The van der Waals surface area contributed by atoms with Crippen molar-refractivity contribution in [1.82, 2.24) is 0 Å². The van der Waals surface area contributed by atoms with Crippen LogP contribution < -0.4 is 0 Å². The molecule has 11 atom stereocenters. The molecule has 0 amide bonds. The molecule has 2 saturated heterocycles. The summed E-state index contributed by atoms with van der Waals surface area (Å²) in [6.45, 7) is 3.56. The lowest BCUT2D eigenvalue weighted by Gasteiger charge is -2.42. The van der Waals surface area contributed by atoms with Crippen molar-refractivity contribution in [2.45, 2.75) is 235 Å². The lowest BCUT2D eigenvalue weighted by molar-refractivity contribution is -0.332. The molecule has 63 heavy (non-hydrogen) atoms. The Kier molecular flexibility index (Phi) is 34.0. The van der Waals surface area contributed by atoms with Crippen LogP contribution in [0.4, 0.5) is 0 Å². The number of ether oxygens (including phenoxy) is 6. The fraction of sp³-hybridized carbons (Fsp3) is 0.857. The van der Waals surface area contributed by atoms with Crippen LogP contribution in [0.1, 0.15) is 168 Å². The van der Waals surface area contributed by atoms with Crippen LogP contribution in [0, 0.1) is 0 Å². The maximum absolute atomic E-state index is 12.8. The van der Waals surface area contributed by atoms with Crippen molar-refractivity contribution in [3.05, 3.63) is 36.5 Å². The number of carbonyl (C=O) groups is 1. The van der Waals surface area contributed by atoms with E-state index in [0.29, 0.717) is 13.0 Å². The van der Waals surface area contributed by atoms with E-state index in [2.05, 4.69) is 50.3 Å². The molecule has 0 radical (unpaired) electrons. The lowest BCUT2D eigenvalue weighted by atomic mass is 9.98.